The number of hydrogen-bond acceptors (Lipinski definition) is 4. The first kappa shape index (κ1) is 24.1. The molecule has 166 valence electrons. The standard InChI is InChI=1S/C25H32N2O4/c1-5-18(4)20-11-13-21(14-12-20)26-23(29)16-31-25(30)24(17(2)3)27-22(28)15-19-9-7-6-8-10-19/h6-14,17-18,24H,5,15-16H2,1-4H3,(H,26,29)(H,27,28)/t18-,24-/m0/s1. The fourth-order valence-corrected chi connectivity index (χ4v) is 3.06. The second-order valence-electron chi connectivity index (χ2n) is 8.04. The summed E-state index contributed by atoms with van der Waals surface area (Å²) < 4.78 is 5.16. The van der Waals surface area contributed by atoms with Gasteiger partial charge in [-0.2, -0.15) is 0 Å². The number of benzene rings is 2. The van der Waals surface area contributed by atoms with E-state index in [2.05, 4.69) is 24.5 Å². The van der Waals surface area contributed by atoms with Crippen molar-refractivity contribution in [1.82, 2.24) is 5.32 Å². The molecule has 0 fully saturated rings. The maximum absolute atomic E-state index is 12.5. The van der Waals surface area contributed by atoms with E-state index < -0.39 is 24.5 Å². The lowest BCUT2D eigenvalue weighted by Crippen LogP contribution is -2.46. The van der Waals surface area contributed by atoms with Crippen molar-refractivity contribution in [3.05, 3.63) is 65.7 Å². The second kappa shape index (κ2) is 11.9. The van der Waals surface area contributed by atoms with Crippen LogP contribution in [-0.4, -0.2) is 30.4 Å². The second-order valence-corrected chi connectivity index (χ2v) is 8.04. The molecule has 2 rings (SSSR count). The van der Waals surface area contributed by atoms with E-state index in [1.165, 1.54) is 5.56 Å². The zero-order valence-corrected chi connectivity index (χ0v) is 18.7. The Bertz CT molecular complexity index is 863. The van der Waals surface area contributed by atoms with E-state index in [0.717, 1.165) is 12.0 Å². The van der Waals surface area contributed by atoms with Gasteiger partial charge in [-0.25, -0.2) is 4.79 Å². The fourth-order valence-electron chi connectivity index (χ4n) is 3.06. The van der Waals surface area contributed by atoms with E-state index in [4.69, 9.17) is 4.74 Å². The molecule has 0 heterocycles. The number of amides is 2. The molecule has 31 heavy (non-hydrogen) atoms. The minimum absolute atomic E-state index is 0.171. The largest absolute Gasteiger partial charge is 0.454 e. The molecular weight excluding hydrogens is 392 g/mol. The molecule has 6 heteroatoms. The van der Waals surface area contributed by atoms with Gasteiger partial charge in [-0.3, -0.25) is 9.59 Å². The average molecular weight is 425 g/mol. The highest BCUT2D eigenvalue weighted by molar-refractivity contribution is 5.93. The van der Waals surface area contributed by atoms with Gasteiger partial charge in [0.2, 0.25) is 5.91 Å². The van der Waals surface area contributed by atoms with E-state index in [9.17, 15) is 14.4 Å². The molecule has 2 N–H and O–H groups in total. The SMILES string of the molecule is CC[C@H](C)c1ccc(NC(=O)COC(=O)[C@@H](NC(=O)Cc2ccccc2)C(C)C)cc1. The van der Waals surface area contributed by atoms with Crippen LogP contribution in [0, 0.1) is 5.92 Å². The predicted molar refractivity (Wildman–Crippen MR) is 122 cm³/mol. The first-order valence-electron chi connectivity index (χ1n) is 10.7. The number of carbonyl (C=O) groups is 3. The number of hydrogen-bond donors (Lipinski definition) is 2. The monoisotopic (exact) mass is 424 g/mol. The van der Waals surface area contributed by atoms with Crippen LogP contribution in [-0.2, 0) is 25.5 Å². The van der Waals surface area contributed by atoms with Gasteiger partial charge in [0.25, 0.3) is 5.91 Å². The molecule has 2 amide bonds. The molecule has 2 aromatic rings. The number of esters is 1. The van der Waals surface area contributed by atoms with Crippen LogP contribution in [0.2, 0.25) is 0 Å². The van der Waals surface area contributed by atoms with Crippen molar-refractivity contribution in [3.63, 3.8) is 0 Å². The van der Waals surface area contributed by atoms with Crippen molar-refractivity contribution < 1.29 is 19.1 Å². The summed E-state index contributed by atoms with van der Waals surface area (Å²) in [5, 5.41) is 5.43. The summed E-state index contributed by atoms with van der Waals surface area (Å²) in [5.74, 6) is -1.05. The first-order valence-corrected chi connectivity index (χ1v) is 10.7. The summed E-state index contributed by atoms with van der Waals surface area (Å²) in [7, 11) is 0. The minimum atomic E-state index is -0.821. The summed E-state index contributed by atoms with van der Waals surface area (Å²) in [6, 6.07) is 16.1. The third-order valence-electron chi connectivity index (χ3n) is 5.17. The fraction of sp³-hybridized carbons (Fsp3) is 0.400. The Labute approximate surface area is 184 Å². The zero-order valence-electron chi connectivity index (χ0n) is 18.7. The lowest BCUT2D eigenvalue weighted by Gasteiger charge is -2.21. The number of carbonyl (C=O) groups excluding carboxylic acids is 3. The van der Waals surface area contributed by atoms with Gasteiger partial charge in [-0.15, -0.1) is 0 Å². The van der Waals surface area contributed by atoms with Crippen LogP contribution in [0.25, 0.3) is 0 Å². The van der Waals surface area contributed by atoms with E-state index in [-0.39, 0.29) is 18.2 Å². The average Bonchev–Trinajstić information content (AvgIpc) is 2.76. The van der Waals surface area contributed by atoms with Gasteiger partial charge >= 0.3 is 5.97 Å². The Kier molecular flexibility index (Phi) is 9.25. The normalized spacial score (nSPS) is 12.7. The Morgan fingerprint density at radius 2 is 1.55 bits per heavy atom. The van der Waals surface area contributed by atoms with Crippen molar-refractivity contribution in [2.45, 2.75) is 52.5 Å². The molecule has 0 aromatic heterocycles. The number of nitrogens with one attached hydrogen (secondary N) is 2. The Hall–Kier alpha value is -3.15. The number of rotatable bonds is 10. The van der Waals surface area contributed by atoms with Gasteiger partial charge in [0, 0.05) is 5.69 Å². The topological polar surface area (TPSA) is 84.5 Å². The smallest absolute Gasteiger partial charge is 0.329 e. The molecule has 0 saturated carbocycles. The molecule has 2 aromatic carbocycles. The minimum Gasteiger partial charge on any atom is -0.454 e. The first-order chi connectivity index (χ1) is 14.8. The van der Waals surface area contributed by atoms with Gasteiger partial charge in [-0.05, 0) is 41.5 Å². The van der Waals surface area contributed by atoms with Crippen LogP contribution in [0.4, 0.5) is 5.69 Å². The molecule has 0 spiro atoms. The zero-order chi connectivity index (χ0) is 22.8. The Balaban J connectivity index is 1.85. The van der Waals surface area contributed by atoms with Gasteiger partial charge < -0.3 is 15.4 Å². The van der Waals surface area contributed by atoms with E-state index in [1.807, 2.05) is 68.4 Å². The third kappa shape index (κ3) is 7.89. The van der Waals surface area contributed by atoms with E-state index in [1.54, 1.807) is 0 Å². The molecule has 6 nitrogen and oxygen atoms in total. The molecular formula is C25H32N2O4. The highest BCUT2D eigenvalue weighted by Crippen LogP contribution is 2.20. The van der Waals surface area contributed by atoms with Gasteiger partial charge in [0.05, 0.1) is 6.42 Å². The molecule has 0 aliphatic carbocycles. The van der Waals surface area contributed by atoms with Crippen molar-refractivity contribution in [3.8, 4) is 0 Å². The quantitative estimate of drug-likeness (QED) is 0.563. The molecule has 0 saturated heterocycles. The third-order valence-corrected chi connectivity index (χ3v) is 5.17. The van der Waals surface area contributed by atoms with E-state index in [0.29, 0.717) is 11.6 Å². The van der Waals surface area contributed by atoms with Crippen molar-refractivity contribution >= 4 is 23.5 Å². The molecule has 0 unspecified atom stereocenters. The van der Waals surface area contributed by atoms with Crippen LogP contribution in [0.1, 0.15) is 51.2 Å². The van der Waals surface area contributed by atoms with Crippen LogP contribution < -0.4 is 10.6 Å². The molecule has 0 aliphatic rings. The summed E-state index contributed by atoms with van der Waals surface area (Å²) in [5.41, 5.74) is 2.71. The maximum atomic E-state index is 12.5. The van der Waals surface area contributed by atoms with Crippen LogP contribution in [0.3, 0.4) is 0 Å². The van der Waals surface area contributed by atoms with Crippen molar-refractivity contribution in [2.24, 2.45) is 5.92 Å². The van der Waals surface area contributed by atoms with Crippen LogP contribution >= 0.6 is 0 Å². The lowest BCUT2D eigenvalue weighted by molar-refractivity contribution is -0.151. The highest BCUT2D eigenvalue weighted by Gasteiger charge is 2.26. The van der Waals surface area contributed by atoms with Crippen LogP contribution in [0.5, 0.6) is 0 Å². The Morgan fingerprint density at radius 3 is 2.13 bits per heavy atom. The predicted octanol–water partition coefficient (Wildman–Crippen LogP) is 4.07. The molecule has 0 bridgehead atoms. The molecule has 2 atom stereocenters. The van der Waals surface area contributed by atoms with Crippen molar-refractivity contribution in [1.29, 1.82) is 0 Å². The maximum Gasteiger partial charge on any atom is 0.329 e. The molecule has 0 radical (unpaired) electrons. The molecule has 0 aliphatic heterocycles. The van der Waals surface area contributed by atoms with Gasteiger partial charge in [0.1, 0.15) is 6.04 Å². The summed E-state index contributed by atoms with van der Waals surface area (Å²) >= 11 is 0. The summed E-state index contributed by atoms with van der Waals surface area (Å²) in [6.45, 7) is 7.49. The van der Waals surface area contributed by atoms with Gasteiger partial charge in [-0.1, -0.05) is 70.2 Å². The summed E-state index contributed by atoms with van der Waals surface area (Å²) in [6.07, 6.45) is 1.21. The van der Waals surface area contributed by atoms with Gasteiger partial charge in [0.15, 0.2) is 6.61 Å². The highest BCUT2D eigenvalue weighted by atomic mass is 16.5. The lowest BCUT2D eigenvalue weighted by atomic mass is 9.99. The van der Waals surface area contributed by atoms with E-state index >= 15 is 0 Å². The number of anilines is 1. The van der Waals surface area contributed by atoms with Crippen molar-refractivity contribution in [2.75, 3.05) is 11.9 Å². The Morgan fingerprint density at radius 1 is 0.903 bits per heavy atom. The number of ether oxygens (including phenoxy) is 1. The van der Waals surface area contributed by atoms with Crippen LogP contribution in [0.15, 0.2) is 54.6 Å². The summed E-state index contributed by atoms with van der Waals surface area (Å²) in [4.78, 5) is 36.9.